The smallest absolute Gasteiger partial charge is 0.138 e. The lowest BCUT2D eigenvalue weighted by atomic mass is 10.0. The zero-order valence-electron chi connectivity index (χ0n) is 12.6. The van der Waals surface area contributed by atoms with Gasteiger partial charge in [-0.25, -0.2) is 0 Å². The van der Waals surface area contributed by atoms with Crippen LogP contribution in [0.3, 0.4) is 0 Å². The van der Waals surface area contributed by atoms with Crippen molar-refractivity contribution in [3.63, 3.8) is 0 Å². The molecule has 2 N–H and O–H groups in total. The maximum absolute atomic E-state index is 6.13. The van der Waals surface area contributed by atoms with Gasteiger partial charge in [-0.05, 0) is 36.8 Å². The molecule has 0 aromatic heterocycles. The van der Waals surface area contributed by atoms with Crippen molar-refractivity contribution < 1.29 is 4.74 Å². The zero-order chi connectivity index (χ0) is 15.4. The lowest BCUT2D eigenvalue weighted by molar-refractivity contribution is 0.180. The van der Waals surface area contributed by atoms with Gasteiger partial charge in [0.25, 0.3) is 0 Å². The van der Waals surface area contributed by atoms with E-state index in [9.17, 15) is 0 Å². The Bertz CT molecular complexity index is 582. The largest absolute Gasteiger partial charge is 0.484 e. The summed E-state index contributed by atoms with van der Waals surface area (Å²) in [6.07, 6.45) is -0.171. The predicted octanol–water partition coefficient (Wildman–Crippen LogP) is 3.98. The van der Waals surface area contributed by atoms with Crippen LogP contribution in [0.1, 0.15) is 18.6 Å². The summed E-state index contributed by atoms with van der Waals surface area (Å²) < 4.78 is 7.17. The summed E-state index contributed by atoms with van der Waals surface area (Å²) >= 11 is 3.45. The van der Waals surface area contributed by atoms with E-state index in [2.05, 4.69) is 15.9 Å². The first-order valence-electron chi connectivity index (χ1n) is 6.92. The summed E-state index contributed by atoms with van der Waals surface area (Å²) in [5, 5.41) is 0. The second-order valence-corrected chi connectivity index (χ2v) is 6.26. The van der Waals surface area contributed by atoms with Crippen LogP contribution in [-0.2, 0) is 0 Å². The molecular weight excluding hydrogens is 328 g/mol. The standard InChI is InChI=1S/C17H21BrN2O/c1-12(19)17(13-7-9-14(18)10-8-13)21-16-6-4-5-15(11-16)20(2)3/h4-12,17H,19H2,1-3H3. The molecule has 4 heteroatoms. The number of anilines is 1. The number of ether oxygens (including phenoxy) is 1. The van der Waals surface area contributed by atoms with Crippen molar-refractivity contribution in [3.05, 3.63) is 58.6 Å². The fraction of sp³-hybridized carbons (Fsp3) is 0.294. The van der Waals surface area contributed by atoms with Gasteiger partial charge >= 0.3 is 0 Å². The topological polar surface area (TPSA) is 38.5 Å². The van der Waals surface area contributed by atoms with Crippen LogP contribution in [0.2, 0.25) is 0 Å². The first-order valence-corrected chi connectivity index (χ1v) is 7.72. The van der Waals surface area contributed by atoms with E-state index >= 15 is 0 Å². The minimum atomic E-state index is -0.171. The van der Waals surface area contributed by atoms with Gasteiger partial charge in [-0.2, -0.15) is 0 Å². The van der Waals surface area contributed by atoms with Crippen LogP contribution in [0.5, 0.6) is 5.75 Å². The van der Waals surface area contributed by atoms with Gasteiger partial charge in [-0.1, -0.05) is 34.1 Å². The molecule has 2 unspecified atom stereocenters. The molecule has 2 atom stereocenters. The molecular formula is C17H21BrN2O. The molecule has 0 aliphatic rings. The van der Waals surface area contributed by atoms with E-state index in [1.807, 2.05) is 74.4 Å². The molecule has 3 nitrogen and oxygen atoms in total. The fourth-order valence-corrected chi connectivity index (χ4v) is 2.38. The van der Waals surface area contributed by atoms with E-state index in [1.54, 1.807) is 0 Å². The van der Waals surface area contributed by atoms with Crippen LogP contribution < -0.4 is 15.4 Å². The van der Waals surface area contributed by atoms with Crippen LogP contribution in [-0.4, -0.2) is 20.1 Å². The summed E-state index contributed by atoms with van der Waals surface area (Å²) in [4.78, 5) is 2.05. The zero-order valence-corrected chi connectivity index (χ0v) is 14.2. The van der Waals surface area contributed by atoms with Crippen molar-refractivity contribution in [2.24, 2.45) is 5.73 Å². The van der Waals surface area contributed by atoms with E-state index < -0.39 is 0 Å². The Morgan fingerprint density at radius 1 is 1.10 bits per heavy atom. The van der Waals surface area contributed by atoms with Crippen LogP contribution in [0, 0.1) is 0 Å². The van der Waals surface area contributed by atoms with Crippen molar-refractivity contribution in [3.8, 4) is 5.75 Å². The van der Waals surface area contributed by atoms with E-state index in [4.69, 9.17) is 10.5 Å². The molecule has 0 saturated heterocycles. The van der Waals surface area contributed by atoms with Gasteiger partial charge in [-0.15, -0.1) is 0 Å². The maximum atomic E-state index is 6.13. The van der Waals surface area contributed by atoms with Crippen molar-refractivity contribution in [1.82, 2.24) is 0 Å². The number of hydrogen-bond donors (Lipinski definition) is 1. The Morgan fingerprint density at radius 3 is 2.33 bits per heavy atom. The van der Waals surface area contributed by atoms with Crippen molar-refractivity contribution in [2.45, 2.75) is 19.1 Å². The summed E-state index contributed by atoms with van der Waals surface area (Å²) in [7, 11) is 4.02. The second kappa shape index (κ2) is 6.96. The first kappa shape index (κ1) is 15.9. The van der Waals surface area contributed by atoms with Gasteiger partial charge in [0, 0.05) is 36.4 Å². The fourth-order valence-electron chi connectivity index (χ4n) is 2.11. The van der Waals surface area contributed by atoms with E-state index in [-0.39, 0.29) is 12.1 Å². The third-order valence-electron chi connectivity index (χ3n) is 3.27. The van der Waals surface area contributed by atoms with Gasteiger partial charge in [0.05, 0.1) is 0 Å². The number of halogens is 1. The molecule has 21 heavy (non-hydrogen) atoms. The highest BCUT2D eigenvalue weighted by molar-refractivity contribution is 9.10. The first-order chi connectivity index (χ1) is 9.97. The SMILES string of the molecule is CC(N)C(Oc1cccc(N(C)C)c1)c1ccc(Br)cc1. The van der Waals surface area contributed by atoms with Crippen molar-refractivity contribution in [1.29, 1.82) is 0 Å². The lowest BCUT2D eigenvalue weighted by Crippen LogP contribution is -2.29. The Hall–Kier alpha value is -1.52. The van der Waals surface area contributed by atoms with Gasteiger partial charge in [0.1, 0.15) is 11.9 Å². The number of rotatable bonds is 5. The van der Waals surface area contributed by atoms with Crippen LogP contribution in [0.25, 0.3) is 0 Å². The molecule has 0 bridgehead atoms. The highest BCUT2D eigenvalue weighted by atomic mass is 79.9. The van der Waals surface area contributed by atoms with Gasteiger partial charge in [0.15, 0.2) is 0 Å². The molecule has 0 aliphatic carbocycles. The molecule has 2 rings (SSSR count). The molecule has 2 aromatic rings. The molecule has 112 valence electrons. The van der Waals surface area contributed by atoms with Crippen LogP contribution >= 0.6 is 15.9 Å². The highest BCUT2D eigenvalue weighted by Crippen LogP contribution is 2.27. The van der Waals surface area contributed by atoms with Crippen molar-refractivity contribution in [2.75, 3.05) is 19.0 Å². The number of nitrogens with two attached hydrogens (primary N) is 1. The minimum absolute atomic E-state index is 0.103. The van der Waals surface area contributed by atoms with Gasteiger partial charge in [-0.3, -0.25) is 0 Å². The lowest BCUT2D eigenvalue weighted by Gasteiger charge is -2.24. The highest BCUT2D eigenvalue weighted by Gasteiger charge is 2.18. The second-order valence-electron chi connectivity index (χ2n) is 5.34. The van der Waals surface area contributed by atoms with E-state index in [1.165, 1.54) is 0 Å². The molecule has 0 radical (unpaired) electrons. The Balaban J connectivity index is 2.24. The molecule has 0 spiro atoms. The third kappa shape index (κ3) is 4.22. The molecule has 0 heterocycles. The average Bonchev–Trinajstić information content (AvgIpc) is 2.46. The van der Waals surface area contributed by atoms with E-state index in [0.717, 1.165) is 21.5 Å². The molecule has 0 aliphatic heterocycles. The summed E-state index contributed by atoms with van der Waals surface area (Å²) in [6.45, 7) is 1.96. The average molecular weight is 349 g/mol. The van der Waals surface area contributed by atoms with Gasteiger partial charge in [0.2, 0.25) is 0 Å². The normalized spacial score (nSPS) is 13.6. The number of hydrogen-bond acceptors (Lipinski definition) is 3. The molecule has 0 saturated carbocycles. The number of benzene rings is 2. The molecule has 2 aromatic carbocycles. The van der Waals surface area contributed by atoms with Crippen LogP contribution in [0.15, 0.2) is 53.0 Å². The Morgan fingerprint density at radius 2 is 1.76 bits per heavy atom. The van der Waals surface area contributed by atoms with Crippen LogP contribution in [0.4, 0.5) is 5.69 Å². The summed E-state index contributed by atoms with van der Waals surface area (Å²) in [5.41, 5.74) is 8.28. The number of nitrogens with zero attached hydrogens (tertiary/aromatic N) is 1. The van der Waals surface area contributed by atoms with E-state index in [0.29, 0.717) is 0 Å². The van der Waals surface area contributed by atoms with Gasteiger partial charge < -0.3 is 15.4 Å². The maximum Gasteiger partial charge on any atom is 0.138 e. The summed E-state index contributed by atoms with van der Waals surface area (Å²) in [5.74, 6) is 0.825. The molecule has 0 amide bonds. The summed E-state index contributed by atoms with van der Waals surface area (Å²) in [6, 6.07) is 16.0. The minimum Gasteiger partial charge on any atom is -0.484 e. The predicted molar refractivity (Wildman–Crippen MR) is 91.9 cm³/mol. The monoisotopic (exact) mass is 348 g/mol. The third-order valence-corrected chi connectivity index (χ3v) is 3.80. The van der Waals surface area contributed by atoms with Crippen molar-refractivity contribution >= 4 is 21.6 Å². The Labute approximate surface area is 134 Å². The Kier molecular flexibility index (Phi) is 5.26. The quantitative estimate of drug-likeness (QED) is 0.887. The molecule has 0 fully saturated rings.